The molecule has 0 spiro atoms. The number of amides is 3. The van der Waals surface area contributed by atoms with E-state index >= 15 is 0 Å². The van der Waals surface area contributed by atoms with Gasteiger partial charge in [0.2, 0.25) is 5.91 Å². The molecule has 0 radical (unpaired) electrons. The van der Waals surface area contributed by atoms with Crippen molar-refractivity contribution in [1.29, 1.82) is 0 Å². The maximum Gasteiger partial charge on any atom is 0.335 e. The monoisotopic (exact) mass is 647 g/mol. The van der Waals surface area contributed by atoms with Crippen molar-refractivity contribution < 1.29 is 24.3 Å². The van der Waals surface area contributed by atoms with Gasteiger partial charge in [0.25, 0.3) is 11.8 Å². The molecule has 0 aromatic heterocycles. The minimum atomic E-state index is -1.14. The minimum Gasteiger partial charge on any atom is -0.478 e. The van der Waals surface area contributed by atoms with Gasteiger partial charge in [-0.15, -0.1) is 11.8 Å². The van der Waals surface area contributed by atoms with E-state index in [9.17, 15) is 24.3 Å². The molecule has 0 aliphatic carbocycles. The molecular weight excluding hydrogens is 621 g/mol. The lowest BCUT2D eigenvalue weighted by Gasteiger charge is -2.17. The van der Waals surface area contributed by atoms with E-state index < -0.39 is 23.0 Å². The number of carboxylic acids is 1. The largest absolute Gasteiger partial charge is 0.478 e. The Morgan fingerprint density at radius 1 is 0.818 bits per heavy atom. The van der Waals surface area contributed by atoms with Gasteiger partial charge >= 0.3 is 5.97 Å². The molecule has 4 aromatic carbocycles. The molecule has 0 saturated carbocycles. The van der Waals surface area contributed by atoms with E-state index in [1.54, 1.807) is 78.9 Å². The molecule has 11 heteroatoms. The lowest BCUT2D eigenvalue weighted by Crippen LogP contribution is -2.30. The quantitative estimate of drug-likeness (QED) is 0.0981. The molecular formula is C33H27Cl2N3O5S. The van der Waals surface area contributed by atoms with Crippen LogP contribution >= 0.6 is 35.0 Å². The summed E-state index contributed by atoms with van der Waals surface area (Å²) >= 11 is 13.8. The Labute approximate surface area is 268 Å². The van der Waals surface area contributed by atoms with Crippen LogP contribution in [0.5, 0.6) is 0 Å². The van der Waals surface area contributed by atoms with Crippen LogP contribution < -0.4 is 16.0 Å². The average molecular weight is 649 g/mol. The van der Waals surface area contributed by atoms with Crippen LogP contribution in [0.15, 0.2) is 108 Å². The Kier molecular flexibility index (Phi) is 11.2. The number of thioether (sulfide) groups is 1. The topological polar surface area (TPSA) is 125 Å². The summed E-state index contributed by atoms with van der Waals surface area (Å²) in [7, 11) is 0. The first kappa shape index (κ1) is 32.3. The van der Waals surface area contributed by atoms with Crippen molar-refractivity contribution in [2.45, 2.75) is 23.5 Å². The number of aromatic carboxylic acids is 1. The van der Waals surface area contributed by atoms with Crippen LogP contribution in [0.3, 0.4) is 0 Å². The van der Waals surface area contributed by atoms with Crippen LogP contribution in [0.2, 0.25) is 10.0 Å². The second-order valence-corrected chi connectivity index (χ2v) is 11.5. The first-order valence-electron chi connectivity index (χ1n) is 13.4. The molecule has 1 atom stereocenters. The third kappa shape index (κ3) is 8.73. The van der Waals surface area contributed by atoms with E-state index in [4.69, 9.17) is 23.2 Å². The van der Waals surface area contributed by atoms with Crippen LogP contribution in [-0.2, 0) is 9.59 Å². The number of hydrogen-bond acceptors (Lipinski definition) is 5. The number of anilines is 2. The maximum atomic E-state index is 13.4. The second kappa shape index (κ2) is 15.2. The highest BCUT2D eigenvalue weighted by Gasteiger charge is 2.21. The molecule has 224 valence electrons. The molecule has 0 fully saturated rings. The Hall–Kier alpha value is -4.57. The van der Waals surface area contributed by atoms with Crippen molar-refractivity contribution >= 4 is 76.1 Å². The first-order valence-corrected chi connectivity index (χ1v) is 15.0. The summed E-state index contributed by atoms with van der Waals surface area (Å²) in [4.78, 5) is 51.5. The number of rotatable bonds is 11. The number of hydrogen-bond donors (Lipinski definition) is 4. The molecule has 0 bridgehead atoms. The Bertz CT molecular complexity index is 1730. The summed E-state index contributed by atoms with van der Waals surface area (Å²) in [6, 6.07) is 26.4. The standard InChI is InChI=1S/C33H27Cl2N3O5S/c1-2-29(32(41)37-27-18-22(33(42)43)15-16-26(27)35)44-24-13-8-12-23(19-24)36-31(40)28(17-21-11-6-7-14-25(21)34)38-30(39)20-9-4-3-5-10-20/h3-19,29H,2H2,1H3,(H,36,40)(H,37,41)(H,38,39)(H,42,43)/b28-17+. The fourth-order valence-electron chi connectivity index (χ4n) is 3.99. The molecule has 0 aliphatic rings. The van der Waals surface area contributed by atoms with Crippen molar-refractivity contribution in [3.63, 3.8) is 0 Å². The van der Waals surface area contributed by atoms with Gasteiger partial charge in [0.15, 0.2) is 0 Å². The number of halogens is 2. The molecule has 0 aliphatic heterocycles. The van der Waals surface area contributed by atoms with Crippen molar-refractivity contribution in [2.75, 3.05) is 10.6 Å². The fourth-order valence-corrected chi connectivity index (χ4v) is 5.36. The molecule has 4 N–H and O–H groups in total. The van der Waals surface area contributed by atoms with Crippen LogP contribution in [0.4, 0.5) is 11.4 Å². The van der Waals surface area contributed by atoms with Gasteiger partial charge < -0.3 is 21.1 Å². The van der Waals surface area contributed by atoms with Gasteiger partial charge in [-0.2, -0.15) is 0 Å². The third-order valence-corrected chi connectivity index (χ3v) is 8.27. The predicted molar refractivity (Wildman–Crippen MR) is 175 cm³/mol. The van der Waals surface area contributed by atoms with Crippen LogP contribution in [0.1, 0.15) is 39.6 Å². The highest BCUT2D eigenvalue weighted by molar-refractivity contribution is 8.00. The van der Waals surface area contributed by atoms with Gasteiger partial charge in [0.05, 0.1) is 21.5 Å². The number of benzene rings is 4. The number of carboxylic acid groups (broad SMARTS) is 1. The van der Waals surface area contributed by atoms with Gasteiger partial charge in [-0.05, 0) is 72.7 Å². The zero-order valence-corrected chi connectivity index (χ0v) is 25.7. The minimum absolute atomic E-state index is 0.00300. The van der Waals surface area contributed by atoms with E-state index in [0.717, 1.165) is 0 Å². The van der Waals surface area contributed by atoms with Crippen molar-refractivity contribution in [3.05, 3.63) is 129 Å². The molecule has 8 nitrogen and oxygen atoms in total. The molecule has 1 unspecified atom stereocenters. The summed E-state index contributed by atoms with van der Waals surface area (Å²) in [5.74, 6) is -2.53. The van der Waals surface area contributed by atoms with E-state index in [1.165, 1.54) is 36.0 Å². The number of carbonyl (C=O) groups excluding carboxylic acids is 3. The molecule has 3 amide bonds. The van der Waals surface area contributed by atoms with Gasteiger partial charge in [-0.25, -0.2) is 4.79 Å². The summed E-state index contributed by atoms with van der Waals surface area (Å²) in [5, 5.41) is 17.6. The average Bonchev–Trinajstić information content (AvgIpc) is 3.02. The Morgan fingerprint density at radius 2 is 1.55 bits per heavy atom. The summed E-state index contributed by atoms with van der Waals surface area (Å²) in [5.41, 5.74) is 1.54. The third-order valence-electron chi connectivity index (χ3n) is 6.24. The zero-order valence-electron chi connectivity index (χ0n) is 23.3. The maximum absolute atomic E-state index is 13.4. The normalized spacial score (nSPS) is 11.8. The zero-order chi connectivity index (χ0) is 31.6. The first-order chi connectivity index (χ1) is 21.1. The van der Waals surface area contributed by atoms with Gasteiger partial charge in [-0.1, -0.05) is 72.6 Å². The van der Waals surface area contributed by atoms with E-state index in [0.29, 0.717) is 33.2 Å². The second-order valence-electron chi connectivity index (χ2n) is 9.39. The van der Waals surface area contributed by atoms with E-state index in [-0.39, 0.29) is 27.9 Å². The number of carbonyl (C=O) groups is 4. The van der Waals surface area contributed by atoms with Crippen molar-refractivity contribution in [3.8, 4) is 0 Å². The molecule has 0 saturated heterocycles. The predicted octanol–water partition coefficient (Wildman–Crippen LogP) is 7.61. The highest BCUT2D eigenvalue weighted by Crippen LogP contribution is 2.30. The molecule has 4 aromatic rings. The van der Waals surface area contributed by atoms with Gasteiger partial charge in [-0.3, -0.25) is 14.4 Å². The Morgan fingerprint density at radius 3 is 2.25 bits per heavy atom. The van der Waals surface area contributed by atoms with Crippen LogP contribution in [-0.4, -0.2) is 34.0 Å². The molecule has 44 heavy (non-hydrogen) atoms. The van der Waals surface area contributed by atoms with Crippen LogP contribution in [0.25, 0.3) is 6.08 Å². The van der Waals surface area contributed by atoms with Gasteiger partial charge in [0, 0.05) is 21.2 Å². The summed E-state index contributed by atoms with van der Waals surface area (Å²) in [6.45, 7) is 1.85. The molecule has 4 rings (SSSR count). The number of nitrogens with one attached hydrogen (secondary N) is 3. The van der Waals surface area contributed by atoms with Crippen LogP contribution in [0, 0.1) is 0 Å². The highest BCUT2D eigenvalue weighted by atomic mass is 35.5. The van der Waals surface area contributed by atoms with Crippen molar-refractivity contribution in [1.82, 2.24) is 5.32 Å². The summed E-state index contributed by atoms with van der Waals surface area (Å²) < 4.78 is 0. The fraction of sp³-hybridized carbons (Fsp3) is 0.0909. The lowest BCUT2D eigenvalue weighted by molar-refractivity contribution is -0.116. The van der Waals surface area contributed by atoms with E-state index in [1.807, 2.05) is 6.92 Å². The molecule has 0 heterocycles. The lowest BCUT2D eigenvalue weighted by atomic mass is 10.1. The van der Waals surface area contributed by atoms with E-state index in [2.05, 4.69) is 16.0 Å². The van der Waals surface area contributed by atoms with Crippen molar-refractivity contribution in [2.24, 2.45) is 0 Å². The summed E-state index contributed by atoms with van der Waals surface area (Å²) in [6.07, 6.45) is 1.96. The smallest absolute Gasteiger partial charge is 0.335 e. The van der Waals surface area contributed by atoms with Gasteiger partial charge in [0.1, 0.15) is 5.70 Å². The Balaban J connectivity index is 1.51. The SMILES string of the molecule is CCC(Sc1cccc(NC(=O)/C(=C\c2ccccc2Cl)NC(=O)c2ccccc2)c1)C(=O)Nc1cc(C(=O)O)ccc1Cl.